The van der Waals surface area contributed by atoms with Crippen LogP contribution in [0, 0.1) is 6.92 Å². The average Bonchev–Trinajstić information content (AvgIpc) is 2.86. The predicted molar refractivity (Wildman–Crippen MR) is 126 cm³/mol. The summed E-state index contributed by atoms with van der Waals surface area (Å²) in [5.41, 5.74) is 0.511. The van der Waals surface area contributed by atoms with Crippen molar-refractivity contribution >= 4 is 19.1 Å². The van der Waals surface area contributed by atoms with Crippen LogP contribution in [0.3, 0.4) is 0 Å². The summed E-state index contributed by atoms with van der Waals surface area (Å²) in [5.74, 6) is 0.803. The number of aryl methyl sites for hydroxylation is 1. The van der Waals surface area contributed by atoms with E-state index in [-0.39, 0.29) is 28.4 Å². The summed E-state index contributed by atoms with van der Waals surface area (Å²) < 4.78 is 35.7. The molecule has 0 amide bonds. The number of Topliss-reactive ketones (excluding diaryl/α,β-unsaturated/α-hetero) is 1. The molecule has 2 aromatic rings. The highest BCUT2D eigenvalue weighted by molar-refractivity contribution is 7.67. The molecule has 1 atom stereocenters. The number of hydrogen-bond donors (Lipinski definition) is 0. The fourth-order valence-electron chi connectivity index (χ4n) is 4.52. The first-order chi connectivity index (χ1) is 15.8. The molecule has 0 aliphatic heterocycles. The molecule has 1 radical (unpaired) electrons. The lowest BCUT2D eigenvalue weighted by molar-refractivity contribution is 0.0897. The molecular weight excluding hydrogens is 443 g/mol. The Hall–Kier alpha value is -2.92. The zero-order valence-electron chi connectivity index (χ0n) is 19.7. The molecule has 0 bridgehead atoms. The van der Waals surface area contributed by atoms with E-state index in [1.807, 2.05) is 6.92 Å². The number of ether oxygens (including phenoxy) is 4. The molecule has 177 valence electrons. The van der Waals surface area contributed by atoms with E-state index < -0.39 is 18.5 Å². The van der Waals surface area contributed by atoms with Crippen LogP contribution in [0.25, 0.3) is 0 Å². The highest BCUT2D eigenvalue weighted by Crippen LogP contribution is 2.55. The van der Waals surface area contributed by atoms with Gasteiger partial charge in [0, 0.05) is 0 Å². The highest BCUT2D eigenvalue weighted by atomic mass is 31.1. The van der Waals surface area contributed by atoms with Gasteiger partial charge in [0.2, 0.25) is 5.52 Å². The normalized spacial score (nSPS) is 15.4. The second kappa shape index (κ2) is 10.3. The van der Waals surface area contributed by atoms with E-state index >= 15 is 0 Å². The fraction of sp³-hybridized carbons (Fsp3) is 0.440. The van der Waals surface area contributed by atoms with E-state index in [9.17, 15) is 14.2 Å². The summed E-state index contributed by atoms with van der Waals surface area (Å²) in [5, 5.41) is -1.37. The molecule has 7 nitrogen and oxygen atoms in total. The third-order valence-electron chi connectivity index (χ3n) is 6.20. The minimum atomic E-state index is -2.68. The monoisotopic (exact) mass is 473 g/mol. The maximum absolute atomic E-state index is 14.1. The van der Waals surface area contributed by atoms with Gasteiger partial charge < -0.3 is 18.9 Å². The summed E-state index contributed by atoms with van der Waals surface area (Å²) in [7, 11) is 3.14. The van der Waals surface area contributed by atoms with Crippen LogP contribution in [0.2, 0.25) is 0 Å². The van der Waals surface area contributed by atoms with Gasteiger partial charge in [-0.15, -0.1) is 0 Å². The van der Waals surface area contributed by atoms with Crippen molar-refractivity contribution < 1.29 is 33.1 Å². The van der Waals surface area contributed by atoms with Crippen molar-refractivity contribution in [2.75, 3.05) is 28.4 Å². The fourth-order valence-corrected chi connectivity index (χ4v) is 6.35. The molecule has 3 rings (SSSR count). The first-order valence-electron chi connectivity index (χ1n) is 10.8. The van der Waals surface area contributed by atoms with E-state index in [1.165, 1.54) is 28.4 Å². The van der Waals surface area contributed by atoms with Crippen molar-refractivity contribution in [3.63, 3.8) is 0 Å². The summed E-state index contributed by atoms with van der Waals surface area (Å²) in [6.45, 7) is 1.87. The molecule has 1 aliphatic carbocycles. The molecule has 33 heavy (non-hydrogen) atoms. The van der Waals surface area contributed by atoms with Gasteiger partial charge in [-0.05, 0) is 49.6 Å². The average molecular weight is 473 g/mol. The highest BCUT2D eigenvalue weighted by Gasteiger charge is 2.51. The Kier molecular flexibility index (Phi) is 7.75. The Morgan fingerprint density at radius 3 is 1.73 bits per heavy atom. The van der Waals surface area contributed by atoms with Gasteiger partial charge in [-0.25, -0.2) is 0 Å². The van der Waals surface area contributed by atoms with Crippen LogP contribution in [0.1, 0.15) is 58.4 Å². The maximum atomic E-state index is 14.1. The van der Waals surface area contributed by atoms with Crippen LogP contribution in [0.4, 0.5) is 0 Å². The molecule has 0 heterocycles. The van der Waals surface area contributed by atoms with Crippen LogP contribution < -0.4 is 18.9 Å². The first-order valence-corrected chi connectivity index (χ1v) is 12.1. The number of methoxy groups -OCH3 is 4. The van der Waals surface area contributed by atoms with Crippen molar-refractivity contribution in [2.24, 2.45) is 0 Å². The van der Waals surface area contributed by atoms with Gasteiger partial charge in [-0.3, -0.25) is 14.2 Å². The van der Waals surface area contributed by atoms with Gasteiger partial charge in [0.1, 0.15) is 39.3 Å². The van der Waals surface area contributed by atoms with E-state index in [2.05, 4.69) is 0 Å². The minimum absolute atomic E-state index is 0.0872. The quantitative estimate of drug-likeness (QED) is 0.347. The van der Waals surface area contributed by atoms with Gasteiger partial charge in [0.05, 0.1) is 28.4 Å². The van der Waals surface area contributed by atoms with Crippen molar-refractivity contribution in [3.05, 3.63) is 47.0 Å². The van der Waals surface area contributed by atoms with Gasteiger partial charge in [0.25, 0.3) is 0 Å². The van der Waals surface area contributed by atoms with Crippen molar-refractivity contribution in [2.45, 2.75) is 44.2 Å². The molecule has 1 fully saturated rings. The number of carbonyl (C=O) groups excluding carboxylic acids is 2. The number of rotatable bonds is 9. The Balaban J connectivity index is 2.17. The van der Waals surface area contributed by atoms with E-state index in [0.29, 0.717) is 37.2 Å². The second-order valence-corrected chi connectivity index (χ2v) is 9.95. The SMILES string of the molecule is COc1cccc(OC)c1C(=O)[P](=O)C1(C(=O)c2c(OC)cc(C)cc2OC)CCCCC1. The van der Waals surface area contributed by atoms with Crippen LogP contribution >= 0.6 is 7.80 Å². The van der Waals surface area contributed by atoms with Crippen molar-refractivity contribution in [3.8, 4) is 23.0 Å². The zero-order valence-corrected chi connectivity index (χ0v) is 20.6. The number of carbonyl (C=O) groups is 2. The molecule has 0 saturated heterocycles. The van der Waals surface area contributed by atoms with Gasteiger partial charge in [-0.2, -0.15) is 0 Å². The number of hydrogen-bond acceptors (Lipinski definition) is 7. The summed E-state index contributed by atoms with van der Waals surface area (Å²) in [6, 6.07) is 8.39. The predicted octanol–water partition coefficient (Wildman–Crippen LogP) is 5.58. The maximum Gasteiger partial charge on any atom is 0.250 e. The second-order valence-electron chi connectivity index (χ2n) is 8.10. The largest absolute Gasteiger partial charge is 0.496 e. The molecule has 1 aliphatic rings. The lowest BCUT2D eigenvalue weighted by atomic mass is 9.82. The van der Waals surface area contributed by atoms with Crippen LogP contribution in [0.5, 0.6) is 23.0 Å². The van der Waals surface area contributed by atoms with Crippen LogP contribution in [-0.2, 0) is 4.57 Å². The summed E-state index contributed by atoms with van der Waals surface area (Å²) >= 11 is 0. The van der Waals surface area contributed by atoms with Gasteiger partial charge in [0.15, 0.2) is 13.6 Å². The smallest absolute Gasteiger partial charge is 0.250 e. The van der Waals surface area contributed by atoms with Crippen LogP contribution in [0.15, 0.2) is 30.3 Å². The first kappa shape index (κ1) is 24.7. The van der Waals surface area contributed by atoms with Crippen molar-refractivity contribution in [1.29, 1.82) is 0 Å². The summed E-state index contributed by atoms with van der Waals surface area (Å²) in [4.78, 5) is 27.8. The minimum Gasteiger partial charge on any atom is -0.496 e. The molecule has 1 saturated carbocycles. The molecule has 2 aromatic carbocycles. The third kappa shape index (κ3) is 4.47. The molecule has 0 aromatic heterocycles. The zero-order chi connectivity index (χ0) is 24.2. The number of ketones is 1. The molecule has 1 unspecified atom stereocenters. The van der Waals surface area contributed by atoms with E-state index in [0.717, 1.165) is 12.0 Å². The van der Waals surface area contributed by atoms with Crippen LogP contribution in [-0.4, -0.2) is 44.9 Å². The summed E-state index contributed by atoms with van der Waals surface area (Å²) in [6.07, 6.45) is 2.97. The van der Waals surface area contributed by atoms with E-state index in [4.69, 9.17) is 18.9 Å². The van der Waals surface area contributed by atoms with Gasteiger partial charge in [-0.1, -0.05) is 25.3 Å². The van der Waals surface area contributed by atoms with Crippen molar-refractivity contribution in [1.82, 2.24) is 0 Å². The Bertz CT molecular complexity index is 1020. The van der Waals surface area contributed by atoms with Gasteiger partial charge >= 0.3 is 0 Å². The Morgan fingerprint density at radius 1 is 0.788 bits per heavy atom. The topological polar surface area (TPSA) is 88.1 Å². The number of benzene rings is 2. The lowest BCUT2D eigenvalue weighted by Gasteiger charge is -2.34. The standard InChI is InChI=1S/C25H30O7P/c1-16-14-19(31-4)21(20(15-16)32-5)23(26)25(12-7-6-8-13-25)33(28)24(27)22-17(29-2)10-9-11-18(22)30-3/h9-11,14-15H,6-8,12-13H2,1-5H3. The van der Waals surface area contributed by atoms with E-state index in [1.54, 1.807) is 30.3 Å². The Morgan fingerprint density at radius 2 is 1.27 bits per heavy atom. The molecular formula is C25H30O7P. The molecule has 0 N–H and O–H groups in total. The molecule has 0 spiro atoms. The third-order valence-corrected chi connectivity index (χ3v) is 8.22. The molecule has 8 heteroatoms. The lowest BCUT2D eigenvalue weighted by Crippen LogP contribution is -2.39. The Labute approximate surface area is 195 Å².